The van der Waals surface area contributed by atoms with Crippen LogP contribution in [0.1, 0.15) is 29.8 Å². The minimum Gasteiger partial charge on any atom is -0.332 e. The van der Waals surface area contributed by atoms with Crippen molar-refractivity contribution in [3.05, 3.63) is 47.5 Å². The van der Waals surface area contributed by atoms with E-state index in [1.165, 1.54) is 14.2 Å². The molecule has 0 aliphatic rings. The lowest BCUT2D eigenvalue weighted by atomic mass is 10.0. The summed E-state index contributed by atoms with van der Waals surface area (Å²) < 4.78 is 10.2. The van der Waals surface area contributed by atoms with Crippen LogP contribution in [0.25, 0.3) is 10.8 Å². The number of hydrogen-bond donors (Lipinski definition) is 0. The fraction of sp³-hybridized carbons (Fsp3) is 0.312. The van der Waals surface area contributed by atoms with E-state index in [-0.39, 0.29) is 5.52 Å². The summed E-state index contributed by atoms with van der Waals surface area (Å²) in [6.45, 7) is 6.03. The van der Waals surface area contributed by atoms with Crippen molar-refractivity contribution < 1.29 is 13.8 Å². The normalized spacial score (nSPS) is 10.3. The molecule has 0 aromatic heterocycles. The van der Waals surface area contributed by atoms with Crippen LogP contribution in [-0.2, 0) is 9.05 Å². The quantitative estimate of drug-likeness (QED) is 0.750. The summed E-state index contributed by atoms with van der Waals surface area (Å²) in [5, 5.41) is 2.04. The maximum atomic E-state index is 12.3. The van der Waals surface area contributed by atoms with Gasteiger partial charge in [0.1, 0.15) is 0 Å². The third kappa shape index (κ3) is 3.43. The number of benzene rings is 2. The number of carbonyl (C=O) groups excluding carboxylic acids is 1. The molecule has 0 aliphatic carbocycles. The van der Waals surface area contributed by atoms with Crippen LogP contribution in [0.5, 0.6) is 0 Å². The van der Waals surface area contributed by atoms with Gasteiger partial charge in [-0.3, -0.25) is 4.79 Å². The minimum absolute atomic E-state index is 0.0915. The molecule has 0 heterocycles. The highest BCUT2D eigenvalue weighted by atomic mass is 31.2. The van der Waals surface area contributed by atoms with Gasteiger partial charge in [0.2, 0.25) is 13.9 Å². The molecule has 0 amide bonds. The van der Waals surface area contributed by atoms with Gasteiger partial charge in [0, 0.05) is 19.8 Å². The first-order chi connectivity index (χ1) is 9.69. The first-order valence-corrected chi connectivity index (χ1v) is 7.77. The summed E-state index contributed by atoms with van der Waals surface area (Å²) in [4.78, 5) is 12.3. The zero-order valence-corrected chi connectivity index (χ0v) is 13.5. The third-order valence-electron chi connectivity index (χ3n) is 2.87. The number of carbonyl (C=O) groups is 1. The Morgan fingerprint density at radius 2 is 1.50 bits per heavy atom. The molecule has 0 unspecified atom stereocenters. The molecule has 0 saturated carbocycles. The predicted molar refractivity (Wildman–Crippen MR) is 85.3 cm³/mol. The number of rotatable bonds is 4. The van der Waals surface area contributed by atoms with E-state index < -0.39 is 8.38 Å². The van der Waals surface area contributed by atoms with Gasteiger partial charge in [-0.05, 0) is 29.3 Å². The molecule has 0 radical (unpaired) electrons. The highest BCUT2D eigenvalue weighted by Gasteiger charge is 2.22. The molecule has 2 aromatic carbocycles. The van der Waals surface area contributed by atoms with Crippen molar-refractivity contribution >= 4 is 24.7 Å². The van der Waals surface area contributed by atoms with E-state index in [1.807, 2.05) is 57.2 Å². The van der Waals surface area contributed by atoms with Gasteiger partial charge in [-0.1, -0.05) is 44.2 Å². The summed E-state index contributed by atoms with van der Waals surface area (Å²) in [6, 6.07) is 11.7. The van der Waals surface area contributed by atoms with Crippen molar-refractivity contribution in [1.29, 1.82) is 0 Å². The van der Waals surface area contributed by atoms with Gasteiger partial charge >= 0.3 is 0 Å². The van der Waals surface area contributed by atoms with Gasteiger partial charge in [-0.15, -0.1) is 0 Å². The molecule has 2 rings (SSSR count). The first-order valence-electron chi connectivity index (χ1n) is 6.60. The summed E-state index contributed by atoms with van der Waals surface area (Å²) >= 11 is 0. The molecule has 20 heavy (non-hydrogen) atoms. The lowest BCUT2D eigenvalue weighted by molar-refractivity contribution is 0.105. The Kier molecular flexibility index (Phi) is 6.80. The molecule has 0 spiro atoms. The van der Waals surface area contributed by atoms with Crippen LogP contribution in [0.4, 0.5) is 0 Å². The summed E-state index contributed by atoms with van der Waals surface area (Å²) in [5.41, 5.74) is 1.72. The summed E-state index contributed by atoms with van der Waals surface area (Å²) in [5.74, 6) is 0. The highest BCUT2D eigenvalue weighted by Crippen LogP contribution is 2.41. The second kappa shape index (κ2) is 8.11. The van der Waals surface area contributed by atoms with Crippen molar-refractivity contribution in [2.45, 2.75) is 20.8 Å². The number of aryl methyl sites for hydroxylation is 1. The van der Waals surface area contributed by atoms with Crippen LogP contribution < -0.4 is 0 Å². The SMILES string of the molecule is CC.COP(OC)C(=O)c1ccc(C)c2ccccc12. The van der Waals surface area contributed by atoms with Crippen LogP contribution in [0.15, 0.2) is 36.4 Å². The lowest BCUT2D eigenvalue weighted by Crippen LogP contribution is -2.01. The average Bonchev–Trinajstić information content (AvgIpc) is 2.51. The van der Waals surface area contributed by atoms with E-state index in [2.05, 4.69) is 0 Å². The minimum atomic E-state index is -1.52. The topological polar surface area (TPSA) is 35.5 Å². The molecule has 108 valence electrons. The smallest absolute Gasteiger partial charge is 0.248 e. The van der Waals surface area contributed by atoms with Gasteiger partial charge in [0.15, 0.2) is 0 Å². The zero-order chi connectivity index (χ0) is 15.1. The number of hydrogen-bond acceptors (Lipinski definition) is 3. The number of fused-ring (bicyclic) bond motifs is 1. The lowest BCUT2D eigenvalue weighted by Gasteiger charge is -2.13. The maximum Gasteiger partial charge on any atom is 0.248 e. The van der Waals surface area contributed by atoms with Crippen LogP contribution in [-0.4, -0.2) is 19.7 Å². The molecular formula is C16H21O3P. The fourth-order valence-corrected chi connectivity index (χ4v) is 2.85. The second-order valence-electron chi connectivity index (χ2n) is 3.90. The molecule has 4 heteroatoms. The first kappa shape index (κ1) is 16.8. The summed E-state index contributed by atoms with van der Waals surface area (Å²) in [6.07, 6.45) is 0. The summed E-state index contributed by atoms with van der Waals surface area (Å²) in [7, 11) is 1.46. The van der Waals surface area contributed by atoms with E-state index in [1.54, 1.807) is 0 Å². The van der Waals surface area contributed by atoms with Gasteiger partial charge in [0.05, 0.1) is 0 Å². The molecule has 0 bridgehead atoms. The van der Waals surface area contributed by atoms with Crippen molar-refractivity contribution in [3.63, 3.8) is 0 Å². The van der Waals surface area contributed by atoms with Gasteiger partial charge < -0.3 is 9.05 Å². The zero-order valence-electron chi connectivity index (χ0n) is 12.6. The Morgan fingerprint density at radius 1 is 0.950 bits per heavy atom. The third-order valence-corrected chi connectivity index (χ3v) is 4.11. The average molecular weight is 292 g/mol. The van der Waals surface area contributed by atoms with Crippen molar-refractivity contribution in [2.75, 3.05) is 14.2 Å². The fourth-order valence-electron chi connectivity index (χ4n) is 1.97. The van der Waals surface area contributed by atoms with Gasteiger partial charge in [-0.25, -0.2) is 0 Å². The predicted octanol–water partition coefficient (Wildman–Crippen LogP) is 4.92. The van der Waals surface area contributed by atoms with Crippen molar-refractivity contribution in [1.82, 2.24) is 0 Å². The van der Waals surface area contributed by atoms with Gasteiger partial charge in [0.25, 0.3) is 0 Å². The van der Waals surface area contributed by atoms with Crippen molar-refractivity contribution in [3.8, 4) is 0 Å². The molecular weight excluding hydrogens is 271 g/mol. The molecule has 0 saturated heterocycles. The Balaban J connectivity index is 0.000000956. The largest absolute Gasteiger partial charge is 0.332 e. The monoisotopic (exact) mass is 292 g/mol. The molecule has 0 aliphatic heterocycles. The van der Waals surface area contributed by atoms with Crippen molar-refractivity contribution in [2.24, 2.45) is 0 Å². The Labute approximate surface area is 121 Å². The van der Waals surface area contributed by atoms with Crippen LogP contribution >= 0.6 is 8.38 Å². The van der Waals surface area contributed by atoms with Crippen LogP contribution in [0, 0.1) is 6.92 Å². The Hall–Kier alpha value is -1.28. The Bertz CT molecular complexity index is 577. The van der Waals surface area contributed by atoms with Crippen LogP contribution in [0.3, 0.4) is 0 Å². The molecule has 0 N–H and O–H groups in total. The maximum absolute atomic E-state index is 12.3. The molecule has 2 aromatic rings. The standard InChI is InChI=1S/C14H15O3P.C2H6/c1-10-8-9-13(14(15)18(16-2)17-3)12-7-5-4-6-11(10)12;1-2/h4-9H,1-3H3;1-2H3. The van der Waals surface area contributed by atoms with E-state index in [4.69, 9.17) is 9.05 Å². The molecule has 0 fully saturated rings. The van der Waals surface area contributed by atoms with Gasteiger partial charge in [-0.2, -0.15) is 0 Å². The highest BCUT2D eigenvalue weighted by molar-refractivity contribution is 7.66. The van der Waals surface area contributed by atoms with E-state index >= 15 is 0 Å². The molecule has 3 nitrogen and oxygen atoms in total. The van der Waals surface area contributed by atoms with Crippen LogP contribution in [0.2, 0.25) is 0 Å². The van der Waals surface area contributed by atoms with E-state index in [0.717, 1.165) is 16.3 Å². The van der Waals surface area contributed by atoms with E-state index in [9.17, 15) is 4.79 Å². The Morgan fingerprint density at radius 3 is 2.05 bits per heavy atom. The second-order valence-corrected chi connectivity index (χ2v) is 5.55. The van der Waals surface area contributed by atoms with E-state index in [0.29, 0.717) is 5.56 Å². The molecule has 0 atom stereocenters.